The molecule has 1 fully saturated rings. The van der Waals surface area contributed by atoms with Gasteiger partial charge in [-0.1, -0.05) is 73.7 Å². The lowest BCUT2D eigenvalue weighted by Gasteiger charge is -2.37. The van der Waals surface area contributed by atoms with Crippen LogP contribution in [-0.2, 0) is 29.6 Å². The molecule has 0 spiro atoms. The summed E-state index contributed by atoms with van der Waals surface area (Å²) in [5.41, 5.74) is -3.48. The van der Waals surface area contributed by atoms with Gasteiger partial charge in [0, 0.05) is 51.4 Å². The maximum absolute atomic E-state index is 13.8. The Bertz CT molecular complexity index is 1310. The summed E-state index contributed by atoms with van der Waals surface area (Å²) in [6, 6.07) is 16.6. The van der Waals surface area contributed by atoms with Crippen LogP contribution in [0.3, 0.4) is 0 Å². The van der Waals surface area contributed by atoms with Crippen LogP contribution in [0.15, 0.2) is 72.8 Å². The molecule has 0 amide bonds. The highest BCUT2D eigenvalue weighted by Crippen LogP contribution is 2.53. The Hall–Kier alpha value is -3.09. The predicted molar refractivity (Wildman–Crippen MR) is 144 cm³/mol. The molecule has 4 rings (SSSR count). The predicted octanol–water partition coefficient (Wildman–Crippen LogP) is 8.44. The third-order valence-electron chi connectivity index (χ3n) is 7.43. The van der Waals surface area contributed by atoms with Crippen LogP contribution in [0.25, 0.3) is 11.1 Å². The van der Waals surface area contributed by atoms with Crippen molar-refractivity contribution < 1.29 is 44.3 Å². The molecule has 0 atom stereocenters. The first-order chi connectivity index (χ1) is 20.1. The molecule has 234 valence electrons. The average Bonchev–Trinajstić information content (AvgIpc) is 2.94. The maximum Gasteiger partial charge on any atom is 0.430 e. The summed E-state index contributed by atoms with van der Waals surface area (Å²) < 4.78 is 126. The smallest absolute Gasteiger partial charge is 0.354 e. The molecule has 43 heavy (non-hydrogen) atoms. The SMILES string of the molecule is CCCOC(c1ccc(-c2ccc(CN3CCN(Cc4cccc(C(F)(F)F)c4)CC3)cc2)cc1)(C(F)(F)F)C(F)(F)F. The third kappa shape index (κ3) is 7.53. The molecule has 0 unspecified atom stereocenters. The molecule has 0 aromatic heterocycles. The molecule has 1 heterocycles. The number of ether oxygens (including phenoxy) is 1. The second-order valence-electron chi connectivity index (χ2n) is 10.5. The zero-order chi connectivity index (χ0) is 31.5. The Morgan fingerprint density at radius 1 is 0.605 bits per heavy atom. The highest BCUT2D eigenvalue weighted by atomic mass is 19.4. The summed E-state index contributed by atoms with van der Waals surface area (Å²) in [5.74, 6) is 0. The van der Waals surface area contributed by atoms with E-state index in [1.807, 2.05) is 12.1 Å². The van der Waals surface area contributed by atoms with E-state index >= 15 is 0 Å². The molecule has 3 aromatic carbocycles. The molecule has 12 heteroatoms. The zero-order valence-corrected chi connectivity index (χ0v) is 23.3. The van der Waals surface area contributed by atoms with Gasteiger partial charge in [-0.2, -0.15) is 39.5 Å². The number of hydrogen-bond acceptors (Lipinski definition) is 3. The number of piperazine rings is 1. The van der Waals surface area contributed by atoms with E-state index in [1.165, 1.54) is 31.2 Å². The van der Waals surface area contributed by atoms with Crippen molar-refractivity contribution in [3.8, 4) is 11.1 Å². The maximum atomic E-state index is 13.8. The van der Waals surface area contributed by atoms with Crippen LogP contribution in [0, 0.1) is 0 Å². The van der Waals surface area contributed by atoms with Gasteiger partial charge in [-0.3, -0.25) is 9.80 Å². The van der Waals surface area contributed by atoms with Gasteiger partial charge in [0.1, 0.15) is 0 Å². The minimum Gasteiger partial charge on any atom is -0.354 e. The first-order valence-electron chi connectivity index (χ1n) is 13.7. The van der Waals surface area contributed by atoms with Crippen molar-refractivity contribution in [3.05, 3.63) is 95.1 Å². The van der Waals surface area contributed by atoms with Crippen molar-refractivity contribution in [3.63, 3.8) is 0 Å². The summed E-state index contributed by atoms with van der Waals surface area (Å²) in [6.45, 7) is 4.53. The fourth-order valence-corrected chi connectivity index (χ4v) is 5.16. The Kier molecular flexibility index (Phi) is 9.82. The Labute approximate surface area is 243 Å². The Morgan fingerprint density at radius 3 is 1.56 bits per heavy atom. The van der Waals surface area contributed by atoms with Crippen molar-refractivity contribution in [1.82, 2.24) is 9.80 Å². The van der Waals surface area contributed by atoms with Gasteiger partial charge < -0.3 is 4.74 Å². The van der Waals surface area contributed by atoms with E-state index in [1.54, 1.807) is 18.2 Å². The van der Waals surface area contributed by atoms with E-state index in [0.717, 1.165) is 23.8 Å². The van der Waals surface area contributed by atoms with Crippen molar-refractivity contribution in [2.45, 2.75) is 50.6 Å². The largest absolute Gasteiger partial charge is 0.430 e. The molecule has 3 nitrogen and oxygen atoms in total. The zero-order valence-electron chi connectivity index (χ0n) is 23.3. The van der Waals surface area contributed by atoms with E-state index in [4.69, 9.17) is 0 Å². The lowest BCUT2D eigenvalue weighted by Crippen LogP contribution is -2.56. The Balaban J connectivity index is 1.37. The molecule has 0 saturated carbocycles. The third-order valence-corrected chi connectivity index (χ3v) is 7.43. The Morgan fingerprint density at radius 2 is 1.09 bits per heavy atom. The number of halogens is 9. The van der Waals surface area contributed by atoms with Crippen LogP contribution in [0.2, 0.25) is 0 Å². The number of rotatable bonds is 9. The fourth-order valence-electron chi connectivity index (χ4n) is 5.16. The topological polar surface area (TPSA) is 15.7 Å². The molecular weight excluding hydrogens is 587 g/mol. The average molecular weight is 619 g/mol. The van der Waals surface area contributed by atoms with Gasteiger partial charge in [0.15, 0.2) is 0 Å². The molecule has 0 radical (unpaired) electrons. The van der Waals surface area contributed by atoms with Crippen molar-refractivity contribution >= 4 is 0 Å². The minimum atomic E-state index is -5.72. The summed E-state index contributed by atoms with van der Waals surface area (Å²) in [6.07, 6.45) is -15.8. The molecule has 0 aliphatic carbocycles. The van der Waals surface area contributed by atoms with Gasteiger partial charge in [0.25, 0.3) is 5.60 Å². The van der Waals surface area contributed by atoms with Crippen LogP contribution in [-0.4, -0.2) is 54.9 Å². The van der Waals surface area contributed by atoms with E-state index < -0.39 is 41.9 Å². The second kappa shape index (κ2) is 12.9. The summed E-state index contributed by atoms with van der Waals surface area (Å²) >= 11 is 0. The van der Waals surface area contributed by atoms with Crippen molar-refractivity contribution in [1.29, 1.82) is 0 Å². The lowest BCUT2D eigenvalue weighted by molar-refractivity contribution is -0.389. The van der Waals surface area contributed by atoms with E-state index in [-0.39, 0.29) is 6.42 Å². The molecule has 0 bridgehead atoms. The normalized spacial score (nSPS) is 16.0. The van der Waals surface area contributed by atoms with Gasteiger partial charge in [-0.05, 0) is 34.7 Å². The molecular formula is C31H31F9N2O. The monoisotopic (exact) mass is 618 g/mol. The van der Waals surface area contributed by atoms with Crippen LogP contribution in [0.1, 0.15) is 35.6 Å². The number of hydrogen-bond donors (Lipinski definition) is 0. The van der Waals surface area contributed by atoms with E-state index in [2.05, 4.69) is 14.5 Å². The first-order valence-corrected chi connectivity index (χ1v) is 13.7. The minimum absolute atomic E-state index is 0.0200. The standard InChI is InChI=1S/C31H31F9N2O/c1-2-18-43-28(30(35,36)37,31(38,39)40)26-12-10-25(11-13-26)24-8-6-22(7-9-24)20-41-14-16-42(17-15-41)21-23-4-3-5-27(19-23)29(32,33)34/h3-13,19H,2,14-18,20-21H2,1H3. The highest BCUT2D eigenvalue weighted by Gasteiger charge is 2.73. The molecule has 1 aliphatic heterocycles. The molecule has 1 aliphatic rings. The first kappa shape index (κ1) is 32.8. The van der Waals surface area contributed by atoms with Crippen LogP contribution in [0.5, 0.6) is 0 Å². The molecule has 1 saturated heterocycles. The van der Waals surface area contributed by atoms with E-state index in [0.29, 0.717) is 56.0 Å². The summed E-state index contributed by atoms with van der Waals surface area (Å²) in [5, 5.41) is 0. The second-order valence-corrected chi connectivity index (χ2v) is 10.5. The summed E-state index contributed by atoms with van der Waals surface area (Å²) in [4.78, 5) is 4.30. The van der Waals surface area contributed by atoms with E-state index in [9.17, 15) is 39.5 Å². The highest BCUT2D eigenvalue weighted by molar-refractivity contribution is 5.64. The van der Waals surface area contributed by atoms with Gasteiger partial charge in [0.2, 0.25) is 0 Å². The van der Waals surface area contributed by atoms with Crippen LogP contribution < -0.4 is 0 Å². The lowest BCUT2D eigenvalue weighted by atomic mass is 9.90. The molecule has 0 N–H and O–H groups in total. The van der Waals surface area contributed by atoms with Crippen LogP contribution in [0.4, 0.5) is 39.5 Å². The quantitative estimate of drug-likeness (QED) is 0.224. The van der Waals surface area contributed by atoms with Gasteiger partial charge in [-0.25, -0.2) is 0 Å². The fraction of sp³-hybridized carbons (Fsp3) is 0.419. The number of benzene rings is 3. The van der Waals surface area contributed by atoms with Gasteiger partial charge in [0.05, 0.1) is 5.56 Å². The van der Waals surface area contributed by atoms with Crippen LogP contribution >= 0.6 is 0 Å². The summed E-state index contributed by atoms with van der Waals surface area (Å²) in [7, 11) is 0. The number of nitrogens with zero attached hydrogens (tertiary/aromatic N) is 2. The van der Waals surface area contributed by atoms with Gasteiger partial charge in [-0.15, -0.1) is 0 Å². The van der Waals surface area contributed by atoms with Crippen molar-refractivity contribution in [2.75, 3.05) is 32.8 Å². The number of alkyl halides is 9. The molecule has 3 aromatic rings. The van der Waals surface area contributed by atoms with Gasteiger partial charge >= 0.3 is 18.5 Å². The van der Waals surface area contributed by atoms with Crippen molar-refractivity contribution in [2.24, 2.45) is 0 Å².